The molecule has 1 saturated heterocycles. The molecule has 0 aromatic heterocycles. The van der Waals surface area contributed by atoms with Crippen LogP contribution in [0.1, 0.15) is 19.3 Å². The Bertz CT molecular complexity index is 468. The van der Waals surface area contributed by atoms with Gasteiger partial charge in [0.05, 0.1) is 12.6 Å². The standard InChI is InChI=1S/C12H19N3O7/c13-4-9(17)15-5-6(16)3-8(15)11(20)14-7(12(21)22)1-2-10(18)19/h6-8,16H,1-5,13H2,(H,14,20)(H,18,19)(H,21,22)/t6-,7+,8+/m1/s1. The van der Waals surface area contributed by atoms with Gasteiger partial charge in [-0.2, -0.15) is 0 Å². The molecule has 0 saturated carbocycles. The van der Waals surface area contributed by atoms with Gasteiger partial charge in [-0.05, 0) is 6.42 Å². The van der Waals surface area contributed by atoms with E-state index < -0.39 is 48.4 Å². The second-order valence-electron chi connectivity index (χ2n) is 4.99. The molecule has 1 heterocycles. The molecular weight excluding hydrogens is 298 g/mol. The second kappa shape index (κ2) is 7.71. The highest BCUT2D eigenvalue weighted by molar-refractivity contribution is 5.91. The number of β-amino-alcohol motifs (C(OH)–C–C–N with tert-alkyl or cyclic N) is 1. The lowest BCUT2D eigenvalue weighted by atomic mass is 10.1. The summed E-state index contributed by atoms with van der Waals surface area (Å²) in [4.78, 5) is 46.4. The minimum Gasteiger partial charge on any atom is -0.481 e. The Morgan fingerprint density at radius 1 is 1.27 bits per heavy atom. The first-order valence-corrected chi connectivity index (χ1v) is 6.68. The first-order chi connectivity index (χ1) is 10.3. The number of carbonyl (C=O) groups excluding carboxylic acids is 2. The molecule has 1 aliphatic heterocycles. The van der Waals surface area contributed by atoms with E-state index in [1.54, 1.807) is 0 Å². The lowest BCUT2D eigenvalue weighted by Gasteiger charge is -2.24. The van der Waals surface area contributed by atoms with Crippen molar-refractivity contribution >= 4 is 23.8 Å². The summed E-state index contributed by atoms with van der Waals surface area (Å²) in [5.41, 5.74) is 5.23. The molecule has 10 nitrogen and oxygen atoms in total. The van der Waals surface area contributed by atoms with Crippen LogP contribution in [0.5, 0.6) is 0 Å². The van der Waals surface area contributed by atoms with Crippen LogP contribution in [-0.2, 0) is 19.2 Å². The number of rotatable bonds is 7. The van der Waals surface area contributed by atoms with Crippen molar-refractivity contribution in [1.82, 2.24) is 10.2 Å². The number of aliphatic carboxylic acids is 2. The number of amides is 2. The van der Waals surface area contributed by atoms with Crippen molar-refractivity contribution < 1.29 is 34.5 Å². The fraction of sp³-hybridized carbons (Fsp3) is 0.667. The van der Waals surface area contributed by atoms with Crippen molar-refractivity contribution in [3.05, 3.63) is 0 Å². The number of aliphatic hydroxyl groups is 1. The van der Waals surface area contributed by atoms with E-state index in [9.17, 15) is 24.3 Å². The minimum absolute atomic E-state index is 0.0250. The first kappa shape index (κ1) is 17.9. The van der Waals surface area contributed by atoms with Crippen LogP contribution in [0.3, 0.4) is 0 Å². The zero-order valence-electron chi connectivity index (χ0n) is 11.8. The summed E-state index contributed by atoms with van der Waals surface area (Å²) in [6.07, 6.45) is -1.62. The normalized spacial score (nSPS) is 22.2. The van der Waals surface area contributed by atoms with Crippen LogP contribution in [-0.4, -0.2) is 75.2 Å². The molecule has 0 bridgehead atoms. The van der Waals surface area contributed by atoms with Crippen molar-refractivity contribution in [3.63, 3.8) is 0 Å². The number of carbonyl (C=O) groups is 4. The van der Waals surface area contributed by atoms with Gasteiger partial charge in [0.15, 0.2) is 0 Å². The fourth-order valence-corrected chi connectivity index (χ4v) is 2.25. The molecule has 1 rings (SSSR count). The van der Waals surface area contributed by atoms with E-state index in [4.69, 9.17) is 15.9 Å². The molecule has 0 spiro atoms. The van der Waals surface area contributed by atoms with Crippen LogP contribution in [0.25, 0.3) is 0 Å². The lowest BCUT2D eigenvalue weighted by molar-refractivity contribution is -0.144. The van der Waals surface area contributed by atoms with E-state index in [0.717, 1.165) is 4.90 Å². The summed E-state index contributed by atoms with van der Waals surface area (Å²) in [6.45, 7) is -0.390. The van der Waals surface area contributed by atoms with Crippen LogP contribution in [0.4, 0.5) is 0 Å². The summed E-state index contributed by atoms with van der Waals surface area (Å²) in [7, 11) is 0. The highest BCUT2D eigenvalue weighted by atomic mass is 16.4. The van der Waals surface area contributed by atoms with Gasteiger partial charge in [0, 0.05) is 19.4 Å². The smallest absolute Gasteiger partial charge is 0.326 e. The molecular formula is C12H19N3O7. The zero-order valence-corrected chi connectivity index (χ0v) is 11.8. The molecule has 124 valence electrons. The summed E-state index contributed by atoms with van der Waals surface area (Å²) < 4.78 is 0. The third-order valence-electron chi connectivity index (χ3n) is 3.34. The lowest BCUT2D eigenvalue weighted by Crippen LogP contribution is -2.51. The molecule has 1 aliphatic rings. The van der Waals surface area contributed by atoms with Crippen molar-refractivity contribution in [2.24, 2.45) is 5.73 Å². The molecule has 0 aromatic rings. The highest BCUT2D eigenvalue weighted by Gasteiger charge is 2.39. The Balaban J connectivity index is 2.73. The maximum absolute atomic E-state index is 12.1. The van der Waals surface area contributed by atoms with Crippen LogP contribution in [0.2, 0.25) is 0 Å². The van der Waals surface area contributed by atoms with E-state index in [2.05, 4.69) is 5.32 Å². The predicted octanol–water partition coefficient (Wildman–Crippen LogP) is -2.66. The Labute approximate surface area is 125 Å². The second-order valence-corrected chi connectivity index (χ2v) is 4.99. The van der Waals surface area contributed by atoms with Gasteiger partial charge in [0.2, 0.25) is 11.8 Å². The molecule has 10 heteroatoms. The Morgan fingerprint density at radius 2 is 1.91 bits per heavy atom. The molecule has 1 fully saturated rings. The van der Waals surface area contributed by atoms with E-state index in [-0.39, 0.29) is 25.9 Å². The average molecular weight is 317 g/mol. The van der Waals surface area contributed by atoms with Crippen LogP contribution in [0, 0.1) is 0 Å². The topological polar surface area (TPSA) is 170 Å². The van der Waals surface area contributed by atoms with Gasteiger partial charge in [0.1, 0.15) is 12.1 Å². The number of nitrogens with two attached hydrogens (primary N) is 1. The number of nitrogens with one attached hydrogen (secondary N) is 1. The molecule has 0 radical (unpaired) electrons. The highest BCUT2D eigenvalue weighted by Crippen LogP contribution is 2.18. The largest absolute Gasteiger partial charge is 0.481 e. The molecule has 2 amide bonds. The van der Waals surface area contributed by atoms with Crippen LogP contribution < -0.4 is 11.1 Å². The summed E-state index contributed by atoms with van der Waals surface area (Å²) in [5, 5.41) is 29.3. The minimum atomic E-state index is -1.38. The SMILES string of the molecule is NCC(=O)N1C[C@H](O)C[C@H]1C(=O)N[C@@H](CCC(=O)O)C(=O)O. The van der Waals surface area contributed by atoms with Crippen molar-refractivity contribution in [1.29, 1.82) is 0 Å². The van der Waals surface area contributed by atoms with Gasteiger partial charge < -0.3 is 31.3 Å². The fourth-order valence-electron chi connectivity index (χ4n) is 2.25. The molecule has 6 N–H and O–H groups in total. The number of hydrogen-bond acceptors (Lipinski definition) is 6. The molecule has 0 unspecified atom stereocenters. The third-order valence-corrected chi connectivity index (χ3v) is 3.34. The average Bonchev–Trinajstić information content (AvgIpc) is 2.83. The first-order valence-electron chi connectivity index (χ1n) is 6.68. The quantitative estimate of drug-likeness (QED) is 0.338. The van der Waals surface area contributed by atoms with Crippen molar-refractivity contribution in [3.8, 4) is 0 Å². The number of aliphatic hydroxyl groups excluding tert-OH is 1. The van der Waals surface area contributed by atoms with Gasteiger partial charge in [0.25, 0.3) is 0 Å². The number of hydrogen-bond donors (Lipinski definition) is 5. The number of likely N-dealkylation sites (tertiary alicyclic amines) is 1. The number of nitrogens with zero attached hydrogens (tertiary/aromatic N) is 1. The van der Waals surface area contributed by atoms with E-state index in [1.165, 1.54) is 0 Å². The Hall–Kier alpha value is -2.20. The molecule has 0 aliphatic carbocycles. The number of carboxylic acid groups (broad SMARTS) is 2. The van der Waals surface area contributed by atoms with Crippen LogP contribution >= 0.6 is 0 Å². The Kier molecular flexibility index (Phi) is 6.25. The monoisotopic (exact) mass is 317 g/mol. The van der Waals surface area contributed by atoms with E-state index in [1.807, 2.05) is 0 Å². The molecule has 22 heavy (non-hydrogen) atoms. The van der Waals surface area contributed by atoms with Crippen LogP contribution in [0.15, 0.2) is 0 Å². The van der Waals surface area contributed by atoms with Gasteiger partial charge in [-0.15, -0.1) is 0 Å². The molecule has 3 atom stereocenters. The van der Waals surface area contributed by atoms with E-state index >= 15 is 0 Å². The summed E-state index contributed by atoms with van der Waals surface area (Å²) >= 11 is 0. The van der Waals surface area contributed by atoms with Gasteiger partial charge in [-0.25, -0.2) is 4.79 Å². The third kappa shape index (κ3) is 4.67. The maximum atomic E-state index is 12.1. The van der Waals surface area contributed by atoms with Gasteiger partial charge >= 0.3 is 11.9 Å². The maximum Gasteiger partial charge on any atom is 0.326 e. The Morgan fingerprint density at radius 3 is 2.41 bits per heavy atom. The predicted molar refractivity (Wildman–Crippen MR) is 71.6 cm³/mol. The summed E-state index contributed by atoms with van der Waals surface area (Å²) in [6, 6.07) is -2.39. The summed E-state index contributed by atoms with van der Waals surface area (Å²) in [5.74, 6) is -3.84. The zero-order chi connectivity index (χ0) is 16.9. The van der Waals surface area contributed by atoms with Crippen molar-refractivity contribution in [2.45, 2.75) is 37.5 Å². The van der Waals surface area contributed by atoms with Gasteiger partial charge in [-0.1, -0.05) is 0 Å². The number of carboxylic acids is 2. The molecule has 0 aromatic carbocycles. The van der Waals surface area contributed by atoms with E-state index in [0.29, 0.717) is 0 Å². The van der Waals surface area contributed by atoms with Gasteiger partial charge in [-0.3, -0.25) is 14.4 Å². The van der Waals surface area contributed by atoms with Crippen molar-refractivity contribution in [2.75, 3.05) is 13.1 Å².